The maximum atomic E-state index is 13.0. The summed E-state index contributed by atoms with van der Waals surface area (Å²) in [6.07, 6.45) is -10.6. The second kappa shape index (κ2) is 8.15. The van der Waals surface area contributed by atoms with Gasteiger partial charge in [-0.05, 0) is 23.7 Å². The summed E-state index contributed by atoms with van der Waals surface area (Å²) in [5, 5.41) is 0. The molecule has 0 N–H and O–H groups in total. The van der Waals surface area contributed by atoms with Crippen LogP contribution >= 0.6 is 0 Å². The molecule has 0 aromatic heterocycles. The topological polar surface area (TPSA) is 36.9 Å². The van der Waals surface area contributed by atoms with E-state index in [0.29, 0.717) is 23.6 Å². The molecule has 0 bridgehead atoms. The predicted molar refractivity (Wildman–Crippen MR) is 91.1 cm³/mol. The summed E-state index contributed by atoms with van der Waals surface area (Å²) in [5.41, 5.74) is -3.22. The summed E-state index contributed by atoms with van der Waals surface area (Å²) in [4.78, 5) is 0. The summed E-state index contributed by atoms with van der Waals surface area (Å²) < 4.78 is 99.4. The molecule has 1 atom stereocenters. The van der Waals surface area contributed by atoms with Gasteiger partial charge in [-0.1, -0.05) is 24.3 Å². The Kier molecular flexibility index (Phi) is 5.99. The van der Waals surface area contributed by atoms with E-state index in [1.54, 1.807) is 24.3 Å². The molecule has 1 fully saturated rings. The van der Waals surface area contributed by atoms with Crippen LogP contribution in [0.4, 0.5) is 26.3 Å². The molecule has 1 unspecified atom stereocenters. The first-order valence-electron chi connectivity index (χ1n) is 8.40. The van der Waals surface area contributed by atoms with Gasteiger partial charge in [-0.15, -0.1) is 0 Å². The average Bonchev–Trinajstić information content (AvgIpc) is 3.14. The number of benzene rings is 2. The molecular formula is C18H15BF6O4. The van der Waals surface area contributed by atoms with Crippen LogP contribution in [0.15, 0.2) is 42.5 Å². The van der Waals surface area contributed by atoms with E-state index in [2.05, 4.69) is 0 Å². The minimum Gasteiger partial charge on any atom is -0.493 e. The van der Waals surface area contributed by atoms with Crippen LogP contribution in [0, 0.1) is 0 Å². The molecule has 0 saturated carbocycles. The lowest BCUT2D eigenvalue weighted by Gasteiger charge is -2.16. The Morgan fingerprint density at radius 1 is 0.966 bits per heavy atom. The van der Waals surface area contributed by atoms with E-state index in [-0.39, 0.29) is 24.7 Å². The van der Waals surface area contributed by atoms with Crippen LogP contribution in [0.2, 0.25) is 0 Å². The zero-order valence-corrected chi connectivity index (χ0v) is 15.0. The Balaban J connectivity index is 1.74. The summed E-state index contributed by atoms with van der Waals surface area (Å²) >= 11 is 0. The van der Waals surface area contributed by atoms with E-state index in [4.69, 9.17) is 18.8 Å². The zero-order chi connectivity index (χ0) is 21.2. The smallest absolute Gasteiger partial charge is 0.493 e. The molecule has 0 radical (unpaired) electrons. The van der Waals surface area contributed by atoms with E-state index < -0.39 is 36.7 Å². The quantitative estimate of drug-likeness (QED) is 0.543. The second-order valence-electron chi connectivity index (χ2n) is 6.22. The fourth-order valence-electron chi connectivity index (χ4n) is 2.75. The molecule has 2 aromatic rings. The van der Waals surface area contributed by atoms with Crippen molar-refractivity contribution in [3.05, 3.63) is 53.6 Å². The predicted octanol–water partition coefficient (Wildman–Crippen LogP) is 3.92. The molecule has 0 aliphatic carbocycles. The lowest BCUT2D eigenvalue weighted by Crippen LogP contribution is -2.35. The molecule has 1 heterocycles. The van der Waals surface area contributed by atoms with Gasteiger partial charge in [-0.2, -0.15) is 26.3 Å². The fourth-order valence-corrected chi connectivity index (χ4v) is 2.75. The Morgan fingerprint density at radius 2 is 1.55 bits per heavy atom. The monoisotopic (exact) mass is 420 g/mol. The fraction of sp³-hybridized carbons (Fsp3) is 0.333. The van der Waals surface area contributed by atoms with Crippen molar-refractivity contribution in [1.82, 2.24) is 0 Å². The molecule has 156 valence electrons. The molecular weight excluding hydrogens is 405 g/mol. The Morgan fingerprint density at radius 3 is 2.10 bits per heavy atom. The van der Waals surface area contributed by atoms with Crippen LogP contribution in [0.3, 0.4) is 0 Å². The number of halogens is 6. The summed E-state index contributed by atoms with van der Waals surface area (Å²) in [6, 6.07) is 8.00. The Hall–Kier alpha value is -2.40. The van der Waals surface area contributed by atoms with Gasteiger partial charge in [-0.3, -0.25) is 0 Å². The van der Waals surface area contributed by atoms with Crippen LogP contribution < -0.4 is 14.9 Å². The summed E-state index contributed by atoms with van der Waals surface area (Å²) in [5.74, 6) is 0.885. The number of ether oxygens (including phenoxy) is 2. The highest BCUT2D eigenvalue weighted by atomic mass is 19.4. The van der Waals surface area contributed by atoms with Crippen molar-refractivity contribution in [3.63, 3.8) is 0 Å². The first-order valence-corrected chi connectivity index (χ1v) is 8.40. The maximum absolute atomic E-state index is 13.0. The number of rotatable bonds is 5. The molecule has 0 spiro atoms. The van der Waals surface area contributed by atoms with Gasteiger partial charge in [0.25, 0.3) is 0 Å². The van der Waals surface area contributed by atoms with Crippen LogP contribution in [0.1, 0.15) is 11.1 Å². The van der Waals surface area contributed by atoms with Gasteiger partial charge in [0.1, 0.15) is 6.61 Å². The molecule has 4 nitrogen and oxygen atoms in total. The summed E-state index contributed by atoms with van der Waals surface area (Å²) in [7, 11) is 0.0869. The highest BCUT2D eigenvalue weighted by molar-refractivity contribution is 6.61. The molecule has 11 heteroatoms. The number of alkyl halides is 6. The van der Waals surface area contributed by atoms with E-state index in [1.807, 2.05) is 0 Å². The highest BCUT2D eigenvalue weighted by Crippen LogP contribution is 2.35. The molecule has 2 aromatic carbocycles. The maximum Gasteiger partial charge on any atom is 0.494 e. The van der Waals surface area contributed by atoms with Crippen LogP contribution in [-0.2, 0) is 21.7 Å². The van der Waals surface area contributed by atoms with Gasteiger partial charge in [0.2, 0.25) is 0 Å². The average molecular weight is 420 g/mol. The molecule has 29 heavy (non-hydrogen) atoms. The van der Waals surface area contributed by atoms with Crippen LogP contribution in [0.25, 0.3) is 0 Å². The molecule has 3 rings (SSSR count). The third-order valence-electron chi connectivity index (χ3n) is 4.13. The van der Waals surface area contributed by atoms with Gasteiger partial charge in [-0.25, -0.2) is 0 Å². The van der Waals surface area contributed by atoms with Crippen molar-refractivity contribution in [2.24, 2.45) is 0 Å². The van der Waals surface area contributed by atoms with Crippen LogP contribution in [0.5, 0.6) is 11.5 Å². The minimum absolute atomic E-state index is 0.0258. The van der Waals surface area contributed by atoms with Crippen molar-refractivity contribution in [3.8, 4) is 11.5 Å². The highest BCUT2D eigenvalue weighted by Gasteiger charge is 2.40. The van der Waals surface area contributed by atoms with Crippen molar-refractivity contribution >= 4 is 12.6 Å². The van der Waals surface area contributed by atoms with Crippen molar-refractivity contribution < 1.29 is 45.1 Å². The van der Waals surface area contributed by atoms with Crippen molar-refractivity contribution in [2.45, 2.75) is 18.5 Å². The third kappa shape index (κ3) is 5.16. The number of hydrogen-bond donors (Lipinski definition) is 0. The minimum atomic E-state index is -4.94. The van der Waals surface area contributed by atoms with Gasteiger partial charge in [0.05, 0.1) is 30.9 Å². The first-order chi connectivity index (χ1) is 13.6. The molecule has 0 amide bonds. The zero-order valence-electron chi connectivity index (χ0n) is 15.0. The molecule has 1 aliphatic heterocycles. The van der Waals surface area contributed by atoms with E-state index in [0.717, 1.165) is 0 Å². The van der Waals surface area contributed by atoms with E-state index in [1.165, 1.54) is 7.11 Å². The van der Waals surface area contributed by atoms with Crippen molar-refractivity contribution in [1.29, 1.82) is 0 Å². The SMILES string of the molecule is COc1ccccc1OCC1COB(c2cc(C(F)(F)F)cc(C(F)(F)F)c2)O1. The second-order valence-corrected chi connectivity index (χ2v) is 6.22. The van der Waals surface area contributed by atoms with Crippen molar-refractivity contribution in [2.75, 3.05) is 20.3 Å². The van der Waals surface area contributed by atoms with E-state index >= 15 is 0 Å². The normalized spacial score (nSPS) is 17.5. The number of para-hydroxylation sites is 2. The number of methoxy groups -OCH3 is 1. The molecule has 1 saturated heterocycles. The van der Waals surface area contributed by atoms with Gasteiger partial charge in [0, 0.05) is 0 Å². The van der Waals surface area contributed by atoms with Gasteiger partial charge in [0.15, 0.2) is 11.5 Å². The van der Waals surface area contributed by atoms with Gasteiger partial charge >= 0.3 is 19.5 Å². The van der Waals surface area contributed by atoms with Crippen LogP contribution in [-0.4, -0.2) is 33.5 Å². The Bertz CT molecular complexity index is 823. The third-order valence-corrected chi connectivity index (χ3v) is 4.13. The molecule has 1 aliphatic rings. The first kappa shape index (κ1) is 21.3. The largest absolute Gasteiger partial charge is 0.494 e. The lowest BCUT2D eigenvalue weighted by atomic mass is 9.77. The number of hydrogen-bond acceptors (Lipinski definition) is 4. The summed E-state index contributed by atoms with van der Waals surface area (Å²) in [6.45, 7) is -0.0840. The van der Waals surface area contributed by atoms with E-state index in [9.17, 15) is 26.3 Å². The lowest BCUT2D eigenvalue weighted by molar-refractivity contribution is -0.142. The Labute approximate surface area is 162 Å². The van der Waals surface area contributed by atoms with Gasteiger partial charge < -0.3 is 18.8 Å². The standard InChI is InChI=1S/C18H15BF6O4/c1-26-15-4-2-3-5-16(15)27-9-14-10-28-19(29-14)13-7-11(17(20,21)22)6-12(8-13)18(23,24)25/h2-8,14H,9-10H2,1H3.